The summed E-state index contributed by atoms with van der Waals surface area (Å²) >= 11 is 0. The van der Waals surface area contributed by atoms with Crippen LogP contribution in [0.15, 0.2) is 95.9 Å². The van der Waals surface area contributed by atoms with E-state index in [4.69, 9.17) is 0 Å². The second kappa shape index (κ2) is 8.16. The van der Waals surface area contributed by atoms with Crippen LogP contribution in [-0.4, -0.2) is 8.42 Å². The molecule has 1 unspecified atom stereocenters. The highest BCUT2D eigenvalue weighted by Crippen LogP contribution is 2.71. The van der Waals surface area contributed by atoms with E-state index >= 15 is 0 Å². The van der Waals surface area contributed by atoms with Crippen molar-refractivity contribution >= 4 is 9.84 Å². The Morgan fingerprint density at radius 2 is 1.31 bits per heavy atom. The number of hydrogen-bond acceptors (Lipinski definition) is 2. The average Bonchev–Trinajstić information content (AvgIpc) is 3.46. The largest absolute Gasteiger partial charge is 0.223 e. The molecule has 3 atom stereocenters. The first-order valence-electron chi connectivity index (χ1n) is 10.5. The van der Waals surface area contributed by atoms with Gasteiger partial charge in [-0.25, -0.2) is 8.42 Å². The molecule has 3 aromatic carbocycles. The topological polar surface area (TPSA) is 34.1 Å². The number of benzene rings is 3. The van der Waals surface area contributed by atoms with E-state index in [-0.39, 0.29) is 11.8 Å². The SMILES string of the molecule is CCCCCC1[C@H](c2ccccc2)[C@@]1(c1ccccc1)S(=O)(=O)c1ccccc1. The Hall–Kier alpha value is -2.39. The molecular weight excluding hydrogens is 376 g/mol. The van der Waals surface area contributed by atoms with Gasteiger partial charge in [0, 0.05) is 5.92 Å². The Morgan fingerprint density at radius 1 is 0.759 bits per heavy atom. The van der Waals surface area contributed by atoms with Crippen LogP contribution in [0.4, 0.5) is 0 Å². The molecule has 29 heavy (non-hydrogen) atoms. The van der Waals surface area contributed by atoms with E-state index in [1.54, 1.807) is 12.1 Å². The summed E-state index contributed by atoms with van der Waals surface area (Å²) in [5.74, 6) is 0.0669. The van der Waals surface area contributed by atoms with Gasteiger partial charge in [-0.2, -0.15) is 0 Å². The molecule has 1 aliphatic carbocycles. The summed E-state index contributed by atoms with van der Waals surface area (Å²) < 4.78 is 27.4. The van der Waals surface area contributed by atoms with Gasteiger partial charge >= 0.3 is 0 Å². The Morgan fingerprint density at radius 3 is 1.90 bits per heavy atom. The molecule has 0 bridgehead atoms. The standard InChI is InChI=1S/C26H28O2S/c1-2-3-7-20-24-25(21-14-8-4-9-15-21)26(24,22-16-10-5-11-17-22)29(27,28)23-18-12-6-13-19-23/h4-6,8-19,24-25H,2-3,7,20H2,1H3/t24?,25-,26-/m0/s1. The summed E-state index contributed by atoms with van der Waals surface area (Å²) in [7, 11) is -3.56. The van der Waals surface area contributed by atoms with Crippen LogP contribution in [0, 0.1) is 5.92 Å². The molecule has 4 rings (SSSR count). The van der Waals surface area contributed by atoms with E-state index in [0.29, 0.717) is 4.90 Å². The van der Waals surface area contributed by atoms with Crippen LogP contribution in [0.5, 0.6) is 0 Å². The average molecular weight is 405 g/mol. The summed E-state index contributed by atoms with van der Waals surface area (Å²) in [6.45, 7) is 2.19. The van der Waals surface area contributed by atoms with Gasteiger partial charge < -0.3 is 0 Å². The monoisotopic (exact) mass is 404 g/mol. The number of hydrogen-bond donors (Lipinski definition) is 0. The molecule has 150 valence electrons. The third-order valence-corrected chi connectivity index (χ3v) is 8.88. The molecule has 3 heteroatoms. The van der Waals surface area contributed by atoms with Crippen LogP contribution in [0.25, 0.3) is 0 Å². The lowest BCUT2D eigenvalue weighted by Gasteiger charge is -2.21. The number of sulfone groups is 1. The quantitative estimate of drug-likeness (QED) is 0.410. The minimum absolute atomic E-state index is 0.0202. The van der Waals surface area contributed by atoms with Gasteiger partial charge in [-0.15, -0.1) is 0 Å². The van der Waals surface area contributed by atoms with Crippen molar-refractivity contribution in [3.05, 3.63) is 102 Å². The molecule has 0 heterocycles. The van der Waals surface area contributed by atoms with Crippen LogP contribution in [-0.2, 0) is 14.6 Å². The van der Waals surface area contributed by atoms with E-state index in [1.807, 2.05) is 66.7 Å². The van der Waals surface area contributed by atoms with Gasteiger partial charge in [0.05, 0.1) is 4.90 Å². The normalized spacial score (nSPS) is 23.6. The van der Waals surface area contributed by atoms with Crippen LogP contribution in [0.2, 0.25) is 0 Å². The third-order valence-electron chi connectivity index (χ3n) is 6.31. The summed E-state index contributed by atoms with van der Waals surface area (Å²) in [5, 5.41) is 0. The zero-order chi connectivity index (χ0) is 20.3. The highest BCUT2D eigenvalue weighted by molar-refractivity contribution is 7.92. The van der Waals surface area contributed by atoms with Gasteiger partial charge in [0.2, 0.25) is 0 Å². The lowest BCUT2D eigenvalue weighted by atomic mass is 10.0. The first-order chi connectivity index (χ1) is 14.1. The van der Waals surface area contributed by atoms with Crippen LogP contribution >= 0.6 is 0 Å². The van der Waals surface area contributed by atoms with Crippen molar-refractivity contribution in [2.75, 3.05) is 0 Å². The molecule has 0 N–H and O–H groups in total. The Kier molecular flexibility index (Phi) is 5.60. The van der Waals surface area contributed by atoms with Gasteiger partial charge in [-0.3, -0.25) is 0 Å². The fourth-order valence-corrected chi connectivity index (χ4v) is 7.55. The zero-order valence-electron chi connectivity index (χ0n) is 16.9. The molecule has 0 amide bonds. The smallest absolute Gasteiger partial charge is 0.189 e. The summed E-state index contributed by atoms with van der Waals surface area (Å²) in [4.78, 5) is 0.419. The fourth-order valence-electron chi connectivity index (χ4n) is 4.98. The van der Waals surface area contributed by atoms with Crippen molar-refractivity contribution < 1.29 is 8.42 Å². The minimum atomic E-state index is -3.56. The molecule has 3 aromatic rings. The second-order valence-corrected chi connectivity index (χ2v) is 10.1. The molecule has 0 spiro atoms. The summed E-state index contributed by atoms with van der Waals surface area (Å²) in [6.07, 6.45) is 4.25. The zero-order valence-corrected chi connectivity index (χ0v) is 17.7. The van der Waals surface area contributed by atoms with Gasteiger partial charge in [0.15, 0.2) is 9.84 Å². The first-order valence-corrected chi connectivity index (χ1v) is 12.0. The lowest BCUT2D eigenvalue weighted by Crippen LogP contribution is -2.25. The molecule has 2 nitrogen and oxygen atoms in total. The van der Waals surface area contributed by atoms with Crippen LogP contribution < -0.4 is 0 Å². The van der Waals surface area contributed by atoms with E-state index in [0.717, 1.165) is 36.8 Å². The third kappa shape index (κ3) is 3.32. The molecule has 0 saturated heterocycles. The van der Waals surface area contributed by atoms with Crippen molar-refractivity contribution in [3.63, 3.8) is 0 Å². The van der Waals surface area contributed by atoms with Crippen molar-refractivity contribution in [2.45, 2.75) is 48.2 Å². The molecular formula is C26H28O2S. The Labute approximate surface area is 174 Å². The lowest BCUT2D eigenvalue weighted by molar-refractivity contribution is 0.553. The fraction of sp³-hybridized carbons (Fsp3) is 0.308. The first kappa shape index (κ1) is 19.9. The van der Waals surface area contributed by atoms with Crippen LogP contribution in [0.1, 0.15) is 49.7 Å². The van der Waals surface area contributed by atoms with Gasteiger partial charge in [0.25, 0.3) is 0 Å². The predicted octanol–water partition coefficient (Wildman–Crippen LogP) is 6.35. The molecule has 0 aromatic heterocycles. The maximum absolute atomic E-state index is 14.1. The van der Waals surface area contributed by atoms with Crippen molar-refractivity contribution in [1.29, 1.82) is 0 Å². The van der Waals surface area contributed by atoms with E-state index in [9.17, 15) is 8.42 Å². The number of rotatable bonds is 8. The number of unbranched alkanes of at least 4 members (excludes halogenated alkanes) is 2. The Balaban J connectivity index is 1.89. The maximum Gasteiger partial charge on any atom is 0.189 e. The summed E-state index contributed by atoms with van der Waals surface area (Å²) in [5.41, 5.74) is 2.04. The van der Waals surface area contributed by atoms with Crippen molar-refractivity contribution in [2.24, 2.45) is 5.92 Å². The van der Waals surface area contributed by atoms with E-state index < -0.39 is 14.6 Å². The van der Waals surface area contributed by atoms with Gasteiger partial charge in [-0.05, 0) is 35.6 Å². The molecule has 1 aliphatic rings. The van der Waals surface area contributed by atoms with E-state index in [1.165, 1.54) is 0 Å². The molecule has 1 fully saturated rings. The molecule has 0 aliphatic heterocycles. The van der Waals surface area contributed by atoms with Gasteiger partial charge in [0.1, 0.15) is 4.75 Å². The minimum Gasteiger partial charge on any atom is -0.223 e. The molecule has 1 saturated carbocycles. The second-order valence-electron chi connectivity index (χ2n) is 7.97. The molecule has 0 radical (unpaired) electrons. The summed E-state index contributed by atoms with van der Waals surface area (Å²) in [6, 6.07) is 29.0. The van der Waals surface area contributed by atoms with Crippen molar-refractivity contribution in [3.8, 4) is 0 Å². The van der Waals surface area contributed by atoms with Crippen LogP contribution in [0.3, 0.4) is 0 Å². The van der Waals surface area contributed by atoms with Crippen molar-refractivity contribution in [1.82, 2.24) is 0 Å². The highest BCUT2D eigenvalue weighted by Gasteiger charge is 2.72. The van der Waals surface area contributed by atoms with E-state index in [2.05, 4.69) is 19.1 Å². The highest BCUT2D eigenvalue weighted by atomic mass is 32.2. The maximum atomic E-state index is 14.1. The predicted molar refractivity (Wildman–Crippen MR) is 119 cm³/mol. The van der Waals surface area contributed by atoms with Gasteiger partial charge in [-0.1, -0.05) is 105 Å². The Bertz CT molecular complexity index is 1030.